The van der Waals surface area contributed by atoms with Crippen molar-refractivity contribution >= 4 is 49.4 Å². The zero-order valence-electron chi connectivity index (χ0n) is 20.3. The molecule has 38 heavy (non-hydrogen) atoms. The minimum Gasteiger partial charge on any atom is -0.355 e. The summed E-state index contributed by atoms with van der Waals surface area (Å²) in [6, 6.07) is 6.10. The Labute approximate surface area is 221 Å². The number of nitrogens with two attached hydrogens (primary N) is 1. The third-order valence-corrected chi connectivity index (χ3v) is 10.0. The lowest BCUT2D eigenvalue weighted by molar-refractivity contribution is 0.545. The van der Waals surface area contributed by atoms with Gasteiger partial charge in [0.25, 0.3) is 0 Å². The molecule has 1 aliphatic carbocycles. The van der Waals surface area contributed by atoms with Gasteiger partial charge in [-0.25, -0.2) is 15.0 Å². The summed E-state index contributed by atoms with van der Waals surface area (Å²) >= 11 is 1.70. The van der Waals surface area contributed by atoms with Gasteiger partial charge in [-0.15, -0.1) is 15.2 Å². The summed E-state index contributed by atoms with van der Waals surface area (Å²) in [5.41, 5.74) is 9.47. The molecule has 3 N–H and O–H groups in total. The van der Waals surface area contributed by atoms with Crippen molar-refractivity contribution in [2.75, 3.05) is 24.5 Å². The Kier molecular flexibility index (Phi) is 5.10. The van der Waals surface area contributed by atoms with Gasteiger partial charge in [-0.05, 0) is 37.3 Å². The second-order valence-corrected chi connectivity index (χ2v) is 12.1. The summed E-state index contributed by atoms with van der Waals surface area (Å²) < 4.78 is 37.2. The van der Waals surface area contributed by atoms with Crippen molar-refractivity contribution in [3.63, 3.8) is 0 Å². The Balaban J connectivity index is 1.22. The smallest absolute Gasteiger partial charge is 0.334 e. The van der Waals surface area contributed by atoms with Gasteiger partial charge in [0.15, 0.2) is 0 Å². The van der Waals surface area contributed by atoms with Gasteiger partial charge < -0.3 is 10.6 Å². The summed E-state index contributed by atoms with van der Waals surface area (Å²) in [6.07, 6.45) is 4.17. The molecule has 2 aliphatic rings. The van der Waals surface area contributed by atoms with Crippen molar-refractivity contribution in [2.45, 2.75) is 23.7 Å². The molecule has 1 aliphatic heterocycles. The second kappa shape index (κ2) is 8.22. The highest BCUT2D eigenvalue weighted by Crippen LogP contribution is 2.63. The normalized spacial score (nSPS) is 23.2. The van der Waals surface area contributed by atoms with E-state index in [1.807, 2.05) is 6.92 Å². The molecule has 0 bridgehead atoms. The standard InChI is InChI=1S/C25H23FN8O2S2/c1-13-11-37-24(30-13)25(12-27)16-6-8-34(10-17(16)25)19-9-29-22-21(32-33-23(22)31-19)15-4-5-18(38(26,35)36)20-14(15)3-2-7-28-20/h2-5,7,9,11,16-17H,6,8,10,12,27H2,1H3,(H,31,32,33). The predicted octanol–water partition coefficient (Wildman–Crippen LogP) is 3.34. The van der Waals surface area contributed by atoms with Crippen molar-refractivity contribution in [2.24, 2.45) is 17.6 Å². The lowest BCUT2D eigenvalue weighted by atomic mass is 10.0. The summed E-state index contributed by atoms with van der Waals surface area (Å²) in [7, 11) is -4.94. The number of rotatable bonds is 5. The average Bonchev–Trinajstić information content (AvgIpc) is 3.16. The van der Waals surface area contributed by atoms with E-state index in [1.54, 1.807) is 29.7 Å². The van der Waals surface area contributed by atoms with Gasteiger partial charge in [0, 0.05) is 53.3 Å². The lowest BCUT2D eigenvalue weighted by Crippen LogP contribution is -2.32. The van der Waals surface area contributed by atoms with Crippen LogP contribution in [0.5, 0.6) is 0 Å². The predicted molar refractivity (Wildman–Crippen MR) is 142 cm³/mol. The number of benzene rings is 1. The Bertz CT molecular complexity index is 1840. The van der Waals surface area contributed by atoms with E-state index in [0.29, 0.717) is 46.2 Å². The van der Waals surface area contributed by atoms with E-state index in [4.69, 9.17) is 15.7 Å². The van der Waals surface area contributed by atoms with Gasteiger partial charge >= 0.3 is 10.2 Å². The number of H-pyrrole nitrogens is 1. The maximum absolute atomic E-state index is 13.9. The Morgan fingerprint density at radius 3 is 2.84 bits per heavy atom. The number of thiazole rings is 1. The summed E-state index contributed by atoms with van der Waals surface area (Å²) in [4.78, 5) is 20.1. The molecule has 13 heteroatoms. The van der Waals surface area contributed by atoms with Crippen molar-refractivity contribution in [1.29, 1.82) is 0 Å². The molecule has 1 saturated heterocycles. The van der Waals surface area contributed by atoms with E-state index in [-0.39, 0.29) is 10.9 Å². The van der Waals surface area contributed by atoms with Crippen LogP contribution in [0.4, 0.5) is 9.70 Å². The van der Waals surface area contributed by atoms with Crippen LogP contribution in [0.3, 0.4) is 0 Å². The van der Waals surface area contributed by atoms with E-state index in [2.05, 4.69) is 30.4 Å². The summed E-state index contributed by atoms with van der Waals surface area (Å²) in [5.74, 6) is 1.69. The third kappa shape index (κ3) is 3.38. The monoisotopic (exact) mass is 550 g/mol. The van der Waals surface area contributed by atoms with E-state index in [0.717, 1.165) is 36.0 Å². The van der Waals surface area contributed by atoms with Crippen LogP contribution >= 0.6 is 11.3 Å². The molecule has 10 nitrogen and oxygen atoms in total. The largest absolute Gasteiger partial charge is 0.355 e. The Morgan fingerprint density at radius 2 is 2.08 bits per heavy atom. The highest BCUT2D eigenvalue weighted by atomic mass is 32.3. The summed E-state index contributed by atoms with van der Waals surface area (Å²) in [6.45, 7) is 4.28. The van der Waals surface area contributed by atoms with Gasteiger partial charge in [-0.3, -0.25) is 10.1 Å². The number of anilines is 1. The van der Waals surface area contributed by atoms with Gasteiger partial charge in [0.1, 0.15) is 21.2 Å². The van der Waals surface area contributed by atoms with Crippen LogP contribution in [0.25, 0.3) is 33.3 Å². The Hall–Kier alpha value is -3.55. The van der Waals surface area contributed by atoms with E-state index in [1.165, 1.54) is 18.3 Å². The number of nitrogens with zero attached hydrogens (tertiary/aromatic N) is 6. The van der Waals surface area contributed by atoms with Crippen LogP contribution in [-0.2, 0) is 15.6 Å². The molecule has 2 fully saturated rings. The molecule has 194 valence electrons. The van der Waals surface area contributed by atoms with E-state index < -0.39 is 15.1 Å². The van der Waals surface area contributed by atoms with Crippen molar-refractivity contribution in [3.05, 3.63) is 52.7 Å². The second-order valence-electron chi connectivity index (χ2n) is 9.93. The van der Waals surface area contributed by atoms with Crippen molar-refractivity contribution in [3.8, 4) is 11.3 Å². The fourth-order valence-electron chi connectivity index (χ4n) is 6.15. The molecule has 0 amide bonds. The van der Waals surface area contributed by atoms with Crippen LogP contribution in [0.15, 0.2) is 46.9 Å². The maximum atomic E-state index is 13.9. The number of piperidine rings is 1. The number of hydrogen-bond donors (Lipinski definition) is 2. The molecule has 3 unspecified atom stereocenters. The minimum atomic E-state index is -4.94. The van der Waals surface area contributed by atoms with Crippen LogP contribution in [0, 0.1) is 18.8 Å². The molecule has 5 heterocycles. The van der Waals surface area contributed by atoms with Gasteiger partial charge in [0.05, 0.1) is 17.4 Å². The van der Waals surface area contributed by atoms with Crippen LogP contribution in [0.2, 0.25) is 0 Å². The fourth-order valence-corrected chi connectivity index (χ4v) is 7.91. The number of nitrogens with one attached hydrogen (secondary N) is 1. The van der Waals surface area contributed by atoms with Gasteiger partial charge in [-0.1, -0.05) is 12.1 Å². The molecular formula is C25H23FN8O2S2. The van der Waals surface area contributed by atoms with Gasteiger partial charge in [0.2, 0.25) is 5.65 Å². The SMILES string of the molecule is Cc1csc(C2(CN)C3CCN(c4cnc5c(-c6ccc(S(=O)(=O)F)c7ncccc67)[nH]nc5n4)CC32)n1. The highest BCUT2D eigenvalue weighted by molar-refractivity contribution is 7.86. The molecule has 0 spiro atoms. The quantitative estimate of drug-likeness (QED) is 0.315. The first-order chi connectivity index (χ1) is 18.3. The molecule has 7 rings (SSSR count). The number of fused-ring (bicyclic) bond motifs is 3. The lowest BCUT2D eigenvalue weighted by Gasteiger charge is -2.26. The number of halogens is 1. The van der Waals surface area contributed by atoms with Crippen molar-refractivity contribution < 1.29 is 12.3 Å². The topological polar surface area (TPSA) is 144 Å². The van der Waals surface area contributed by atoms with E-state index in [9.17, 15) is 12.3 Å². The van der Waals surface area contributed by atoms with Crippen LogP contribution in [-0.4, -0.2) is 58.2 Å². The van der Waals surface area contributed by atoms with E-state index >= 15 is 0 Å². The highest BCUT2D eigenvalue weighted by Gasteiger charge is 2.67. The molecule has 0 radical (unpaired) electrons. The molecular weight excluding hydrogens is 527 g/mol. The van der Waals surface area contributed by atoms with Crippen LogP contribution < -0.4 is 10.6 Å². The third-order valence-electron chi connectivity index (χ3n) is 8.02. The molecule has 3 atom stereocenters. The molecule has 1 saturated carbocycles. The number of pyridine rings is 1. The molecule has 5 aromatic rings. The van der Waals surface area contributed by atoms with Crippen molar-refractivity contribution in [1.82, 2.24) is 30.1 Å². The first-order valence-electron chi connectivity index (χ1n) is 12.2. The maximum Gasteiger partial charge on any atom is 0.334 e. The Morgan fingerprint density at radius 1 is 1.21 bits per heavy atom. The average molecular weight is 551 g/mol. The van der Waals surface area contributed by atoms with Gasteiger partial charge in [-0.2, -0.15) is 13.5 Å². The summed E-state index contributed by atoms with van der Waals surface area (Å²) in [5, 5.41) is 11.1. The zero-order chi connectivity index (χ0) is 26.2. The fraction of sp³-hybridized carbons (Fsp3) is 0.320. The number of aryl methyl sites for hydroxylation is 1. The minimum absolute atomic E-state index is 0.0472. The number of aromatic amines is 1. The van der Waals surface area contributed by atoms with Crippen LogP contribution in [0.1, 0.15) is 17.1 Å². The zero-order valence-corrected chi connectivity index (χ0v) is 21.9. The first kappa shape index (κ1) is 23.6. The number of aromatic nitrogens is 6. The molecule has 1 aromatic carbocycles. The first-order valence-corrected chi connectivity index (χ1v) is 14.5. The molecule has 4 aromatic heterocycles. The number of hydrogen-bond acceptors (Lipinski definition) is 10.